The molecule has 1 aliphatic rings. The first kappa shape index (κ1) is 15.5. The zero-order valence-corrected chi connectivity index (χ0v) is 13.3. The zero-order chi connectivity index (χ0) is 16.6. The van der Waals surface area contributed by atoms with E-state index in [4.69, 9.17) is 0 Å². The van der Waals surface area contributed by atoms with Crippen LogP contribution in [0.2, 0.25) is 0 Å². The van der Waals surface area contributed by atoms with Crippen molar-refractivity contribution < 1.29 is 4.79 Å². The quantitative estimate of drug-likeness (QED) is 0.724. The normalized spacial score (nSPS) is 16.5. The summed E-state index contributed by atoms with van der Waals surface area (Å²) in [5.41, 5.74) is 0.0996. The Labute approximate surface area is 132 Å². The maximum atomic E-state index is 12.4. The fourth-order valence-corrected chi connectivity index (χ4v) is 2.85. The van der Waals surface area contributed by atoms with Crippen LogP contribution in [0.3, 0.4) is 0 Å². The van der Waals surface area contributed by atoms with E-state index in [0.717, 1.165) is 11.1 Å². The maximum Gasteiger partial charge on any atom is 0.332 e. The summed E-state index contributed by atoms with van der Waals surface area (Å²) in [5, 5.41) is 2.84. The Bertz CT molecular complexity index is 862. The van der Waals surface area contributed by atoms with Gasteiger partial charge in [0, 0.05) is 53.2 Å². The number of rotatable bonds is 3. The van der Waals surface area contributed by atoms with E-state index in [2.05, 4.69) is 15.2 Å². The molecular weight excluding hydrogens is 300 g/mol. The highest BCUT2D eigenvalue weighted by molar-refractivity contribution is 5.76. The molecule has 9 nitrogen and oxygen atoms in total. The maximum absolute atomic E-state index is 12.4. The molecule has 3 rings (SSSR count). The third kappa shape index (κ3) is 2.79. The van der Waals surface area contributed by atoms with E-state index in [1.807, 2.05) is 0 Å². The van der Waals surface area contributed by atoms with Crippen molar-refractivity contribution in [2.75, 3.05) is 26.2 Å². The Morgan fingerprint density at radius 1 is 1.13 bits per heavy atom. The van der Waals surface area contributed by atoms with Crippen molar-refractivity contribution in [3.8, 4) is 0 Å². The molecule has 1 amide bonds. The molecule has 124 valence electrons. The standard InChI is InChI=1S/C14H20N6O3/c1-17-12-11(13(22)18(2)14(17)23)20(9-16-12)8-7-19-5-3-10(21)15-4-6-19/h9H,3-8H2,1-2H3,(H,15,21). The minimum atomic E-state index is -0.384. The van der Waals surface area contributed by atoms with Gasteiger partial charge in [-0.3, -0.25) is 23.6 Å². The van der Waals surface area contributed by atoms with Crippen molar-refractivity contribution in [3.63, 3.8) is 0 Å². The largest absolute Gasteiger partial charge is 0.355 e. The molecule has 0 spiro atoms. The fourth-order valence-electron chi connectivity index (χ4n) is 2.85. The average Bonchev–Trinajstić information content (AvgIpc) is 2.85. The van der Waals surface area contributed by atoms with Crippen LogP contribution in [0.1, 0.15) is 6.42 Å². The fraction of sp³-hybridized carbons (Fsp3) is 0.571. The summed E-state index contributed by atoms with van der Waals surface area (Å²) in [5.74, 6) is 0.0736. The summed E-state index contributed by atoms with van der Waals surface area (Å²) < 4.78 is 4.24. The first-order valence-corrected chi connectivity index (χ1v) is 7.59. The van der Waals surface area contributed by atoms with Gasteiger partial charge >= 0.3 is 5.69 Å². The number of imidazole rings is 1. The summed E-state index contributed by atoms with van der Waals surface area (Å²) >= 11 is 0. The second kappa shape index (κ2) is 5.99. The van der Waals surface area contributed by atoms with Crippen molar-refractivity contribution in [2.45, 2.75) is 13.0 Å². The van der Waals surface area contributed by atoms with Gasteiger partial charge in [0.05, 0.1) is 6.33 Å². The topological polar surface area (TPSA) is 94.2 Å². The molecule has 0 aliphatic carbocycles. The van der Waals surface area contributed by atoms with Gasteiger partial charge in [0.25, 0.3) is 5.56 Å². The number of nitrogens with one attached hydrogen (secondary N) is 1. The molecule has 1 fully saturated rings. The number of nitrogens with zero attached hydrogens (tertiary/aromatic N) is 5. The highest BCUT2D eigenvalue weighted by Gasteiger charge is 2.16. The van der Waals surface area contributed by atoms with Crippen LogP contribution in [0, 0.1) is 0 Å². The van der Waals surface area contributed by atoms with Crippen LogP contribution in [-0.2, 0) is 25.4 Å². The molecule has 0 saturated carbocycles. The zero-order valence-electron chi connectivity index (χ0n) is 13.3. The smallest absolute Gasteiger partial charge is 0.332 e. The Balaban J connectivity index is 1.85. The van der Waals surface area contributed by atoms with E-state index in [9.17, 15) is 14.4 Å². The number of aryl methyl sites for hydroxylation is 1. The molecule has 0 unspecified atom stereocenters. The van der Waals surface area contributed by atoms with E-state index >= 15 is 0 Å². The number of hydrogen-bond acceptors (Lipinski definition) is 5. The third-order valence-corrected chi connectivity index (χ3v) is 4.28. The molecule has 1 saturated heterocycles. The van der Waals surface area contributed by atoms with Crippen molar-refractivity contribution in [1.82, 2.24) is 28.9 Å². The van der Waals surface area contributed by atoms with Gasteiger partial charge in [-0.25, -0.2) is 9.78 Å². The van der Waals surface area contributed by atoms with Gasteiger partial charge in [-0.1, -0.05) is 0 Å². The number of hydrogen-bond donors (Lipinski definition) is 1. The van der Waals surface area contributed by atoms with E-state index < -0.39 is 0 Å². The van der Waals surface area contributed by atoms with Gasteiger partial charge in [0.15, 0.2) is 11.2 Å². The predicted octanol–water partition coefficient (Wildman–Crippen LogP) is -1.74. The van der Waals surface area contributed by atoms with Gasteiger partial charge in [0.1, 0.15) is 0 Å². The molecular formula is C14H20N6O3. The van der Waals surface area contributed by atoms with Crippen molar-refractivity contribution >= 4 is 17.1 Å². The van der Waals surface area contributed by atoms with Crippen molar-refractivity contribution in [3.05, 3.63) is 27.2 Å². The van der Waals surface area contributed by atoms with E-state index in [-0.39, 0.29) is 17.2 Å². The second-order valence-electron chi connectivity index (χ2n) is 5.76. The molecule has 0 radical (unpaired) electrons. The first-order valence-electron chi connectivity index (χ1n) is 7.59. The second-order valence-corrected chi connectivity index (χ2v) is 5.76. The van der Waals surface area contributed by atoms with Crippen LogP contribution >= 0.6 is 0 Å². The minimum absolute atomic E-state index is 0.0736. The monoisotopic (exact) mass is 320 g/mol. The van der Waals surface area contributed by atoms with E-state index in [0.29, 0.717) is 43.8 Å². The van der Waals surface area contributed by atoms with E-state index in [1.165, 1.54) is 11.6 Å². The first-order chi connectivity index (χ1) is 11.0. The average molecular weight is 320 g/mol. The Hall–Kier alpha value is -2.42. The van der Waals surface area contributed by atoms with Crippen LogP contribution in [0.4, 0.5) is 0 Å². The number of carbonyl (C=O) groups is 1. The lowest BCUT2D eigenvalue weighted by Crippen LogP contribution is -2.38. The molecule has 1 N–H and O–H groups in total. The molecule has 1 aliphatic heterocycles. The van der Waals surface area contributed by atoms with Crippen molar-refractivity contribution in [2.24, 2.45) is 14.1 Å². The van der Waals surface area contributed by atoms with Crippen LogP contribution in [-0.4, -0.2) is 55.7 Å². The molecule has 2 aromatic heterocycles. The third-order valence-electron chi connectivity index (χ3n) is 4.28. The lowest BCUT2D eigenvalue weighted by molar-refractivity contribution is -0.120. The lowest BCUT2D eigenvalue weighted by Gasteiger charge is -2.19. The van der Waals surface area contributed by atoms with Crippen LogP contribution < -0.4 is 16.6 Å². The summed E-state index contributed by atoms with van der Waals surface area (Å²) in [6, 6.07) is 0. The van der Waals surface area contributed by atoms with Crippen LogP contribution in [0.25, 0.3) is 11.2 Å². The number of aromatic nitrogens is 4. The Morgan fingerprint density at radius 3 is 2.70 bits per heavy atom. The SMILES string of the molecule is Cn1c(=O)c2c(ncn2CCN2CCNC(=O)CC2)n(C)c1=O. The molecule has 0 atom stereocenters. The highest BCUT2D eigenvalue weighted by atomic mass is 16.2. The summed E-state index contributed by atoms with van der Waals surface area (Å²) in [6.07, 6.45) is 2.08. The van der Waals surface area contributed by atoms with Gasteiger partial charge in [-0.15, -0.1) is 0 Å². The molecule has 2 aromatic rings. The van der Waals surface area contributed by atoms with Crippen LogP contribution in [0.15, 0.2) is 15.9 Å². The number of carbonyl (C=O) groups excluding carboxylic acids is 1. The van der Waals surface area contributed by atoms with Gasteiger partial charge in [-0.2, -0.15) is 0 Å². The molecule has 23 heavy (non-hydrogen) atoms. The minimum Gasteiger partial charge on any atom is -0.355 e. The van der Waals surface area contributed by atoms with Gasteiger partial charge in [0.2, 0.25) is 5.91 Å². The lowest BCUT2D eigenvalue weighted by atomic mass is 10.3. The molecule has 9 heteroatoms. The van der Waals surface area contributed by atoms with Crippen molar-refractivity contribution in [1.29, 1.82) is 0 Å². The summed E-state index contributed by atoms with van der Waals surface area (Å²) in [4.78, 5) is 42.0. The van der Waals surface area contributed by atoms with Crippen LogP contribution in [0.5, 0.6) is 0 Å². The number of amides is 1. The molecule has 3 heterocycles. The van der Waals surface area contributed by atoms with E-state index in [1.54, 1.807) is 17.9 Å². The summed E-state index contributed by atoms with van der Waals surface area (Å²) in [6.45, 7) is 3.42. The summed E-state index contributed by atoms with van der Waals surface area (Å²) in [7, 11) is 3.07. The predicted molar refractivity (Wildman–Crippen MR) is 84.3 cm³/mol. The van der Waals surface area contributed by atoms with Gasteiger partial charge < -0.3 is 9.88 Å². The van der Waals surface area contributed by atoms with Gasteiger partial charge in [-0.05, 0) is 0 Å². The number of fused-ring (bicyclic) bond motifs is 1. The highest BCUT2D eigenvalue weighted by Crippen LogP contribution is 2.06. The molecule has 0 aromatic carbocycles. The molecule has 0 bridgehead atoms. The Kier molecular flexibility index (Phi) is 4.03. The Morgan fingerprint density at radius 2 is 1.91 bits per heavy atom.